The van der Waals surface area contributed by atoms with Gasteiger partial charge in [-0.25, -0.2) is 0 Å². The van der Waals surface area contributed by atoms with Crippen LogP contribution >= 0.6 is 0 Å². The number of carboxylic acids is 1. The normalized spacial score (nSPS) is 18.0. The minimum absolute atomic E-state index is 0.000744. The van der Waals surface area contributed by atoms with Crippen LogP contribution in [-0.2, 0) is 15.0 Å². The van der Waals surface area contributed by atoms with Crippen LogP contribution in [0.5, 0.6) is 0 Å². The predicted octanol–water partition coefficient (Wildman–Crippen LogP) is 3.89. The van der Waals surface area contributed by atoms with Crippen molar-refractivity contribution >= 4 is 29.4 Å². The molecule has 2 aromatic carbocycles. The molecule has 3 amide bonds. The molecule has 1 saturated carbocycles. The number of nitrogens with one attached hydrogen (secondary N) is 3. The van der Waals surface area contributed by atoms with Gasteiger partial charge in [-0.15, -0.1) is 0 Å². The van der Waals surface area contributed by atoms with Crippen LogP contribution < -0.4 is 16.2 Å². The van der Waals surface area contributed by atoms with Gasteiger partial charge in [-0.05, 0) is 60.2 Å². The van der Waals surface area contributed by atoms with Gasteiger partial charge in [0.1, 0.15) is 0 Å². The van der Waals surface area contributed by atoms with E-state index in [4.69, 9.17) is 0 Å². The van der Waals surface area contributed by atoms with Crippen molar-refractivity contribution in [3.63, 3.8) is 0 Å². The minimum Gasteiger partial charge on any atom is -0.481 e. The Kier molecular flexibility index (Phi) is 7.71. The molecule has 8 heteroatoms. The molecule has 0 aliphatic heterocycles. The highest BCUT2D eigenvalue weighted by atomic mass is 16.4. The SMILES string of the molecule is CC(C)(C)c1ccc(C(=O)Nc2ccc(C(=O)NNC(=O)[C@@H]3CCCC[C@@H]3C(=O)O)cc2)cc1. The second kappa shape index (κ2) is 10.5. The molecule has 1 aliphatic rings. The van der Waals surface area contributed by atoms with Crippen LogP contribution in [0.25, 0.3) is 0 Å². The van der Waals surface area contributed by atoms with E-state index < -0.39 is 29.6 Å². The Balaban J connectivity index is 1.54. The van der Waals surface area contributed by atoms with Gasteiger partial charge < -0.3 is 10.4 Å². The van der Waals surface area contributed by atoms with E-state index in [1.807, 2.05) is 12.1 Å². The molecule has 0 heterocycles. The summed E-state index contributed by atoms with van der Waals surface area (Å²) < 4.78 is 0. The van der Waals surface area contributed by atoms with Crippen molar-refractivity contribution in [3.8, 4) is 0 Å². The number of carboxylic acid groups (broad SMARTS) is 1. The first-order valence-corrected chi connectivity index (χ1v) is 11.4. The number of carbonyl (C=O) groups excluding carboxylic acids is 3. The Morgan fingerprint density at radius 2 is 1.29 bits per heavy atom. The monoisotopic (exact) mass is 465 g/mol. The first-order valence-electron chi connectivity index (χ1n) is 11.4. The van der Waals surface area contributed by atoms with Gasteiger partial charge >= 0.3 is 5.97 Å². The number of rotatable bonds is 5. The lowest BCUT2D eigenvalue weighted by Crippen LogP contribution is -2.47. The third kappa shape index (κ3) is 6.21. The Labute approximate surface area is 199 Å². The molecule has 4 N–H and O–H groups in total. The maximum Gasteiger partial charge on any atom is 0.307 e. The summed E-state index contributed by atoms with van der Waals surface area (Å²) in [6, 6.07) is 13.7. The molecule has 0 aromatic heterocycles. The zero-order valence-corrected chi connectivity index (χ0v) is 19.7. The average Bonchev–Trinajstić information content (AvgIpc) is 2.82. The molecule has 8 nitrogen and oxygen atoms in total. The van der Waals surface area contributed by atoms with Crippen molar-refractivity contribution in [1.29, 1.82) is 0 Å². The lowest BCUT2D eigenvalue weighted by Gasteiger charge is -2.27. The molecule has 180 valence electrons. The Morgan fingerprint density at radius 1 is 0.765 bits per heavy atom. The molecule has 0 radical (unpaired) electrons. The molecule has 2 aromatic rings. The molecule has 0 spiro atoms. The van der Waals surface area contributed by atoms with Gasteiger partial charge in [-0.3, -0.25) is 30.0 Å². The summed E-state index contributed by atoms with van der Waals surface area (Å²) >= 11 is 0. The second-order valence-corrected chi connectivity index (χ2v) is 9.64. The van der Waals surface area contributed by atoms with Crippen molar-refractivity contribution in [2.45, 2.75) is 51.9 Å². The van der Waals surface area contributed by atoms with Gasteiger partial charge in [0.25, 0.3) is 11.8 Å². The fourth-order valence-corrected chi connectivity index (χ4v) is 4.05. The van der Waals surface area contributed by atoms with Crippen molar-refractivity contribution < 1.29 is 24.3 Å². The van der Waals surface area contributed by atoms with Gasteiger partial charge in [0.2, 0.25) is 5.91 Å². The number of aliphatic carboxylic acids is 1. The van der Waals surface area contributed by atoms with E-state index in [0.717, 1.165) is 18.4 Å². The Hall–Kier alpha value is -3.68. The molecular formula is C26H31N3O5. The number of hydrogen-bond acceptors (Lipinski definition) is 4. The summed E-state index contributed by atoms with van der Waals surface area (Å²) in [6.45, 7) is 6.32. The zero-order valence-electron chi connectivity index (χ0n) is 19.7. The number of hydrogen-bond donors (Lipinski definition) is 4. The molecule has 3 rings (SSSR count). The van der Waals surface area contributed by atoms with E-state index in [1.165, 1.54) is 12.1 Å². The summed E-state index contributed by atoms with van der Waals surface area (Å²) in [4.78, 5) is 48.7. The van der Waals surface area contributed by atoms with Gasteiger partial charge in [-0.2, -0.15) is 0 Å². The van der Waals surface area contributed by atoms with Gasteiger partial charge in [0.05, 0.1) is 11.8 Å². The summed E-state index contributed by atoms with van der Waals surface area (Å²) in [5.41, 5.74) is 7.16. The van der Waals surface area contributed by atoms with E-state index in [1.54, 1.807) is 24.3 Å². The summed E-state index contributed by atoms with van der Waals surface area (Å²) in [7, 11) is 0. The summed E-state index contributed by atoms with van der Waals surface area (Å²) in [5, 5.41) is 12.1. The van der Waals surface area contributed by atoms with Gasteiger partial charge in [0, 0.05) is 16.8 Å². The predicted molar refractivity (Wildman–Crippen MR) is 128 cm³/mol. The molecule has 1 fully saturated rings. The number of benzene rings is 2. The minimum atomic E-state index is -0.992. The quantitative estimate of drug-likeness (QED) is 0.499. The maximum absolute atomic E-state index is 12.5. The fourth-order valence-electron chi connectivity index (χ4n) is 4.05. The first kappa shape index (κ1) is 25.0. The lowest BCUT2D eigenvalue weighted by atomic mass is 9.79. The first-order chi connectivity index (χ1) is 16.1. The molecule has 2 atom stereocenters. The number of amides is 3. The topological polar surface area (TPSA) is 125 Å². The lowest BCUT2D eigenvalue weighted by molar-refractivity contribution is -0.149. The van der Waals surface area contributed by atoms with Crippen LogP contribution in [0.3, 0.4) is 0 Å². The van der Waals surface area contributed by atoms with Crippen molar-refractivity contribution in [2.24, 2.45) is 11.8 Å². The number of anilines is 1. The van der Waals surface area contributed by atoms with E-state index in [0.29, 0.717) is 24.1 Å². The molecule has 34 heavy (non-hydrogen) atoms. The molecule has 0 bridgehead atoms. The van der Waals surface area contributed by atoms with Crippen molar-refractivity contribution in [1.82, 2.24) is 10.9 Å². The maximum atomic E-state index is 12.5. The molecular weight excluding hydrogens is 434 g/mol. The van der Waals surface area contributed by atoms with Crippen LogP contribution in [0.2, 0.25) is 0 Å². The van der Waals surface area contributed by atoms with Crippen LogP contribution in [0.1, 0.15) is 72.7 Å². The van der Waals surface area contributed by atoms with Gasteiger partial charge in [-0.1, -0.05) is 45.7 Å². The Morgan fingerprint density at radius 3 is 1.85 bits per heavy atom. The number of hydrazine groups is 1. The van der Waals surface area contributed by atoms with Crippen molar-refractivity contribution in [2.75, 3.05) is 5.32 Å². The van der Waals surface area contributed by atoms with Crippen LogP contribution in [-0.4, -0.2) is 28.8 Å². The smallest absolute Gasteiger partial charge is 0.307 e. The van der Waals surface area contributed by atoms with Crippen LogP contribution in [0, 0.1) is 11.8 Å². The Bertz CT molecular complexity index is 1060. The standard InChI is InChI=1S/C26H31N3O5/c1-26(2,3)18-12-8-16(9-13-18)22(30)27-19-14-10-17(11-15-19)23(31)28-29-24(32)20-6-4-5-7-21(20)25(33)34/h8-15,20-21H,4-7H2,1-3H3,(H,27,30)(H,28,31)(H,29,32)(H,33,34)/t20-,21+/m1/s1. The van der Waals surface area contributed by atoms with E-state index in [-0.39, 0.29) is 16.9 Å². The second-order valence-electron chi connectivity index (χ2n) is 9.64. The average molecular weight is 466 g/mol. The molecule has 1 aliphatic carbocycles. The molecule has 0 unspecified atom stereocenters. The van der Waals surface area contributed by atoms with E-state index in [2.05, 4.69) is 36.9 Å². The van der Waals surface area contributed by atoms with Crippen LogP contribution in [0.4, 0.5) is 5.69 Å². The summed E-state index contributed by atoms with van der Waals surface area (Å²) in [5.74, 6) is -3.69. The van der Waals surface area contributed by atoms with E-state index in [9.17, 15) is 24.3 Å². The summed E-state index contributed by atoms with van der Waals surface area (Å²) in [6.07, 6.45) is 2.49. The van der Waals surface area contributed by atoms with Crippen LogP contribution in [0.15, 0.2) is 48.5 Å². The van der Waals surface area contributed by atoms with Crippen molar-refractivity contribution in [3.05, 3.63) is 65.2 Å². The third-order valence-electron chi connectivity index (χ3n) is 6.14. The number of carbonyl (C=O) groups is 4. The molecule has 0 saturated heterocycles. The highest BCUT2D eigenvalue weighted by Crippen LogP contribution is 2.30. The highest BCUT2D eigenvalue weighted by molar-refractivity contribution is 6.04. The zero-order chi connectivity index (χ0) is 24.9. The van der Waals surface area contributed by atoms with E-state index >= 15 is 0 Å². The third-order valence-corrected chi connectivity index (χ3v) is 6.14. The fraction of sp³-hybridized carbons (Fsp3) is 0.385. The van der Waals surface area contributed by atoms with Gasteiger partial charge in [0.15, 0.2) is 0 Å². The largest absolute Gasteiger partial charge is 0.481 e. The highest BCUT2D eigenvalue weighted by Gasteiger charge is 2.35.